The fraction of sp³-hybridized carbons (Fsp3) is 0.154. The van der Waals surface area contributed by atoms with E-state index in [2.05, 4.69) is 4.98 Å². The minimum absolute atomic E-state index is 0.621. The molecular formula is C13H9BF3N. The molecule has 2 radical (unpaired) electrons. The minimum atomic E-state index is -4.41. The predicted octanol–water partition coefficient (Wildman–Crippen LogP) is 2.87. The molecule has 0 aliphatic rings. The Morgan fingerprint density at radius 2 is 1.83 bits per heavy atom. The second kappa shape index (κ2) is 4.48. The highest BCUT2D eigenvalue weighted by atomic mass is 19.4. The van der Waals surface area contributed by atoms with E-state index in [0.717, 1.165) is 17.2 Å². The number of nitrogens with zero attached hydrogens (tertiary/aromatic N) is 1. The van der Waals surface area contributed by atoms with Crippen LogP contribution in [0, 0.1) is 6.92 Å². The van der Waals surface area contributed by atoms with Gasteiger partial charge in [0.25, 0.3) is 0 Å². The van der Waals surface area contributed by atoms with Gasteiger partial charge in [0.05, 0.1) is 0 Å². The number of hydrogen-bond acceptors (Lipinski definition) is 1. The summed E-state index contributed by atoms with van der Waals surface area (Å²) in [4.78, 5) is 3.43. The van der Waals surface area contributed by atoms with Crippen LogP contribution in [0.5, 0.6) is 0 Å². The molecule has 0 amide bonds. The summed E-state index contributed by atoms with van der Waals surface area (Å²) in [6.07, 6.45) is -3.18. The normalized spacial score (nSPS) is 11.6. The van der Waals surface area contributed by atoms with Crippen molar-refractivity contribution >= 4 is 13.3 Å². The third-order valence-corrected chi connectivity index (χ3v) is 2.62. The molecule has 1 nitrogen and oxygen atoms in total. The lowest BCUT2D eigenvalue weighted by Gasteiger charge is -2.09. The zero-order chi connectivity index (χ0) is 13.3. The Hall–Kier alpha value is -1.78. The van der Waals surface area contributed by atoms with E-state index >= 15 is 0 Å². The average molecular weight is 247 g/mol. The van der Waals surface area contributed by atoms with E-state index in [1.165, 1.54) is 12.3 Å². The smallest absolute Gasteiger partial charge is 0.251 e. The number of aromatic nitrogens is 1. The Labute approximate surface area is 104 Å². The zero-order valence-corrected chi connectivity index (χ0v) is 9.62. The molecule has 2 aromatic rings. The molecule has 90 valence electrons. The summed E-state index contributed by atoms with van der Waals surface area (Å²) >= 11 is 0. The van der Waals surface area contributed by atoms with Gasteiger partial charge in [0.1, 0.15) is 13.5 Å². The van der Waals surface area contributed by atoms with Gasteiger partial charge < -0.3 is 0 Å². The van der Waals surface area contributed by atoms with Crippen LogP contribution < -0.4 is 5.46 Å². The Bertz CT molecular complexity index is 561. The lowest BCUT2D eigenvalue weighted by atomic mass is 9.91. The first-order chi connectivity index (χ1) is 8.38. The molecule has 5 heteroatoms. The van der Waals surface area contributed by atoms with Crippen molar-refractivity contribution in [3.8, 4) is 11.1 Å². The Kier molecular flexibility index (Phi) is 3.15. The van der Waals surface area contributed by atoms with Crippen molar-refractivity contribution in [2.45, 2.75) is 13.1 Å². The second-order valence-electron chi connectivity index (χ2n) is 4.00. The zero-order valence-electron chi connectivity index (χ0n) is 9.62. The van der Waals surface area contributed by atoms with Crippen LogP contribution >= 0.6 is 0 Å². The molecule has 0 atom stereocenters. The topological polar surface area (TPSA) is 12.9 Å². The third-order valence-electron chi connectivity index (χ3n) is 2.62. The van der Waals surface area contributed by atoms with Gasteiger partial charge in [-0.25, -0.2) is 0 Å². The molecule has 0 spiro atoms. The Balaban J connectivity index is 2.41. The van der Waals surface area contributed by atoms with Crippen molar-refractivity contribution in [1.82, 2.24) is 4.98 Å². The molecule has 0 saturated heterocycles. The first-order valence-electron chi connectivity index (χ1n) is 5.27. The maximum absolute atomic E-state index is 12.4. The van der Waals surface area contributed by atoms with E-state index < -0.39 is 11.9 Å². The Morgan fingerprint density at radius 1 is 1.11 bits per heavy atom. The van der Waals surface area contributed by atoms with E-state index in [-0.39, 0.29) is 0 Å². The molecule has 0 N–H and O–H groups in total. The molecule has 0 saturated carbocycles. The highest BCUT2D eigenvalue weighted by Gasteiger charge is 2.32. The predicted molar refractivity (Wildman–Crippen MR) is 64.8 cm³/mol. The lowest BCUT2D eigenvalue weighted by molar-refractivity contribution is -0.141. The van der Waals surface area contributed by atoms with Crippen LogP contribution in [0.4, 0.5) is 13.2 Å². The summed E-state index contributed by atoms with van der Waals surface area (Å²) in [5.41, 5.74) is 2.10. The molecule has 1 aromatic carbocycles. The van der Waals surface area contributed by atoms with Crippen LogP contribution in [0.2, 0.25) is 0 Å². The van der Waals surface area contributed by atoms with Crippen molar-refractivity contribution < 1.29 is 13.2 Å². The van der Waals surface area contributed by atoms with E-state index in [4.69, 9.17) is 7.85 Å². The van der Waals surface area contributed by atoms with Gasteiger partial charge in [-0.15, -0.1) is 0 Å². The number of alkyl halides is 3. The van der Waals surface area contributed by atoms with Crippen LogP contribution in [0.3, 0.4) is 0 Å². The summed E-state index contributed by atoms with van der Waals surface area (Å²) in [6, 6.07) is 7.64. The Morgan fingerprint density at radius 3 is 2.33 bits per heavy atom. The monoisotopic (exact) mass is 247 g/mol. The van der Waals surface area contributed by atoms with Gasteiger partial charge in [-0.05, 0) is 24.1 Å². The van der Waals surface area contributed by atoms with Crippen molar-refractivity contribution in [3.63, 3.8) is 0 Å². The standard InChI is InChI=1S/C13H9BF3N/c1-8-6-10(14)3-4-11(8)9-2-5-12(18-7-9)13(15,16)17/h2-7H,1H3. The van der Waals surface area contributed by atoms with Gasteiger partial charge in [0.15, 0.2) is 0 Å². The minimum Gasteiger partial charge on any atom is -0.251 e. The van der Waals surface area contributed by atoms with Crippen molar-refractivity contribution in [3.05, 3.63) is 47.8 Å². The SMILES string of the molecule is [B]c1ccc(-c2ccc(C(F)(F)F)nc2)c(C)c1. The van der Waals surface area contributed by atoms with E-state index in [9.17, 15) is 13.2 Å². The quantitative estimate of drug-likeness (QED) is 0.706. The van der Waals surface area contributed by atoms with Crippen LogP contribution in [0.1, 0.15) is 11.3 Å². The molecule has 0 unspecified atom stereocenters. The fourth-order valence-electron chi connectivity index (χ4n) is 1.73. The van der Waals surface area contributed by atoms with E-state index in [1.54, 1.807) is 18.2 Å². The van der Waals surface area contributed by atoms with Gasteiger partial charge >= 0.3 is 6.18 Å². The third kappa shape index (κ3) is 2.55. The second-order valence-corrected chi connectivity index (χ2v) is 4.00. The molecule has 0 bridgehead atoms. The van der Waals surface area contributed by atoms with Gasteiger partial charge in [0.2, 0.25) is 0 Å². The lowest BCUT2D eigenvalue weighted by Crippen LogP contribution is -2.07. The van der Waals surface area contributed by atoms with Crippen LogP contribution in [-0.2, 0) is 6.18 Å². The van der Waals surface area contributed by atoms with Crippen molar-refractivity contribution in [1.29, 1.82) is 0 Å². The average Bonchev–Trinajstić information content (AvgIpc) is 2.28. The summed E-state index contributed by atoms with van der Waals surface area (Å²) < 4.78 is 37.1. The molecule has 0 aliphatic carbocycles. The highest BCUT2D eigenvalue weighted by molar-refractivity contribution is 6.32. The van der Waals surface area contributed by atoms with Crippen LogP contribution in [0.25, 0.3) is 11.1 Å². The van der Waals surface area contributed by atoms with Gasteiger partial charge in [-0.3, -0.25) is 4.98 Å². The summed E-state index contributed by atoms with van der Waals surface area (Å²) in [5, 5.41) is 0. The number of aryl methyl sites for hydroxylation is 1. The van der Waals surface area contributed by atoms with E-state index in [1.807, 2.05) is 6.92 Å². The van der Waals surface area contributed by atoms with Crippen LogP contribution in [0.15, 0.2) is 36.5 Å². The van der Waals surface area contributed by atoms with Crippen molar-refractivity contribution in [2.75, 3.05) is 0 Å². The molecular weight excluding hydrogens is 238 g/mol. The van der Waals surface area contributed by atoms with Gasteiger partial charge in [-0.2, -0.15) is 13.2 Å². The number of pyridine rings is 1. The number of rotatable bonds is 1. The maximum Gasteiger partial charge on any atom is 0.433 e. The molecule has 1 heterocycles. The van der Waals surface area contributed by atoms with Gasteiger partial charge in [0, 0.05) is 11.8 Å². The number of halogens is 3. The summed E-state index contributed by atoms with van der Waals surface area (Å²) in [6.45, 7) is 1.85. The summed E-state index contributed by atoms with van der Waals surface area (Å²) in [7, 11) is 5.62. The van der Waals surface area contributed by atoms with E-state index in [0.29, 0.717) is 11.0 Å². The molecule has 0 aliphatic heterocycles. The molecule has 2 rings (SSSR count). The largest absolute Gasteiger partial charge is 0.433 e. The van der Waals surface area contributed by atoms with Gasteiger partial charge in [-0.1, -0.05) is 29.7 Å². The highest BCUT2D eigenvalue weighted by Crippen LogP contribution is 2.29. The first-order valence-corrected chi connectivity index (χ1v) is 5.27. The molecule has 0 fully saturated rings. The molecule has 18 heavy (non-hydrogen) atoms. The fourth-order valence-corrected chi connectivity index (χ4v) is 1.73. The maximum atomic E-state index is 12.4. The summed E-state index contributed by atoms with van der Waals surface area (Å²) in [5.74, 6) is 0. The molecule has 1 aromatic heterocycles. The van der Waals surface area contributed by atoms with Crippen LogP contribution in [-0.4, -0.2) is 12.8 Å². The number of hydrogen-bond donors (Lipinski definition) is 0. The number of benzene rings is 1. The first kappa shape index (κ1) is 12.7. The van der Waals surface area contributed by atoms with Crippen molar-refractivity contribution in [2.24, 2.45) is 0 Å².